The molecule has 0 atom stereocenters. The van der Waals surface area contributed by atoms with Gasteiger partial charge >= 0.3 is 0 Å². The first-order chi connectivity index (χ1) is 18.9. The van der Waals surface area contributed by atoms with Crippen molar-refractivity contribution in [3.05, 3.63) is 57.1 Å². The number of hydrogen-bond donors (Lipinski definition) is 8. The molecule has 0 saturated heterocycles. The molecule has 0 saturated carbocycles. The molecule has 1 aromatic carbocycles. The van der Waals surface area contributed by atoms with E-state index in [0.717, 1.165) is 11.1 Å². The number of carbonyl (C=O) groups excluding carboxylic acids is 2. The van der Waals surface area contributed by atoms with Gasteiger partial charge in [-0.2, -0.15) is 0 Å². The van der Waals surface area contributed by atoms with Crippen LogP contribution in [-0.2, 0) is 13.1 Å². The average molecular weight is 591 g/mol. The zero-order chi connectivity index (χ0) is 30.0. The minimum Gasteiger partial charge on any atom is -0.382 e. The molecule has 0 aliphatic carbocycles. The average Bonchev–Trinajstić information content (AvgIpc) is 2.91. The maximum absolute atomic E-state index is 12.3. The van der Waals surface area contributed by atoms with Crippen molar-refractivity contribution >= 4 is 70.2 Å². The number of amides is 2. The fourth-order valence-electron chi connectivity index (χ4n) is 2.83. The van der Waals surface area contributed by atoms with Crippen molar-refractivity contribution in [1.29, 1.82) is 0 Å². The Balaban J connectivity index is 0.00000274. The molecule has 3 rings (SSSR count). The Kier molecular flexibility index (Phi) is 11.1. The molecule has 2 amide bonds. The van der Waals surface area contributed by atoms with Gasteiger partial charge in [-0.1, -0.05) is 61.3 Å². The Bertz CT molecular complexity index is 1360. The van der Waals surface area contributed by atoms with Crippen molar-refractivity contribution in [2.24, 2.45) is 21.5 Å². The Hall–Kier alpha value is -4.96. The maximum atomic E-state index is 12.3. The first-order valence-electron chi connectivity index (χ1n) is 11.4. The lowest BCUT2D eigenvalue weighted by molar-refractivity contribution is 0.0964. The van der Waals surface area contributed by atoms with E-state index in [1.54, 1.807) is 24.3 Å². The van der Waals surface area contributed by atoms with E-state index in [2.05, 4.69) is 40.6 Å². The molecule has 2 heterocycles. The number of nitrogen functional groups attached to an aromatic ring is 4. The number of nitrogens with zero attached hydrogens (tertiary/aromatic N) is 6. The number of rotatable bonds is 6. The molecule has 0 aliphatic heterocycles. The Morgan fingerprint density at radius 1 is 0.725 bits per heavy atom. The molecular weight excluding hydrogens is 563 g/mol. The Morgan fingerprint density at radius 2 is 1.10 bits per heavy atom. The molecule has 40 heavy (non-hydrogen) atoms. The van der Waals surface area contributed by atoms with Crippen LogP contribution in [0.5, 0.6) is 0 Å². The van der Waals surface area contributed by atoms with E-state index in [0.29, 0.717) is 0 Å². The van der Waals surface area contributed by atoms with Crippen molar-refractivity contribution < 1.29 is 9.59 Å². The highest BCUT2D eigenvalue weighted by atomic mass is 35.5. The number of aliphatic imine (C=N–C) groups is 2. The number of anilines is 4. The molecule has 3 aromatic rings. The van der Waals surface area contributed by atoms with Gasteiger partial charge in [0.15, 0.2) is 56.9 Å². The summed E-state index contributed by atoms with van der Waals surface area (Å²) in [5.74, 6) is -2.54. The monoisotopic (exact) mass is 590 g/mol. The normalized spacial score (nSPS) is 11.3. The van der Waals surface area contributed by atoms with E-state index in [1.807, 2.05) is 13.8 Å². The van der Waals surface area contributed by atoms with Crippen LogP contribution in [0.4, 0.5) is 23.3 Å². The lowest BCUT2D eigenvalue weighted by Gasteiger charge is -2.08. The molecule has 0 radical (unpaired) electrons. The van der Waals surface area contributed by atoms with Crippen molar-refractivity contribution in [2.75, 3.05) is 22.9 Å². The summed E-state index contributed by atoms with van der Waals surface area (Å²) in [6, 6.07) is 7.11. The summed E-state index contributed by atoms with van der Waals surface area (Å²) in [5.41, 5.74) is 34.9. The third kappa shape index (κ3) is 8.53. The second kappa shape index (κ2) is 14.3. The highest BCUT2D eigenvalue weighted by Gasteiger charge is 2.18. The topological polar surface area (TPSA) is 291 Å². The summed E-state index contributed by atoms with van der Waals surface area (Å²) < 4.78 is 0. The SMILES string of the molecule is CC.NC(=NCc1cccc(CN=C(N)NC(=O)c2nc(Cl)c(N)nc2N)c1)NC(=O)c1nc(Cl)c(N)nc1N. The first-order valence-corrected chi connectivity index (χ1v) is 12.2. The molecule has 0 aliphatic rings. The second-order valence-corrected chi connectivity index (χ2v) is 8.11. The van der Waals surface area contributed by atoms with E-state index < -0.39 is 11.8 Å². The minimum absolute atomic E-state index is 0.110. The lowest BCUT2D eigenvalue weighted by atomic mass is 10.1. The van der Waals surface area contributed by atoms with E-state index in [9.17, 15) is 9.59 Å². The van der Waals surface area contributed by atoms with Crippen LogP contribution in [0.25, 0.3) is 0 Å². The molecule has 14 N–H and O–H groups in total. The van der Waals surface area contributed by atoms with Crippen LogP contribution >= 0.6 is 23.2 Å². The standard InChI is InChI=1S/C20H22Cl2N14O2.C2H6/c21-11-15(25)33-13(23)9(31-11)17(37)35-19(27)29-5-7-2-1-3-8(4-7)6-30-20(28)36-18(38)10-14(24)34-16(26)12(22)32-10;1-2/h1-4H,5-6H2,(H4,23,25,33)(H4,24,26,34)(H3,27,29,35,37)(H3,28,30,36,38);1-2H3. The van der Waals surface area contributed by atoms with Crippen molar-refractivity contribution in [3.63, 3.8) is 0 Å². The molecule has 0 unspecified atom stereocenters. The quantitative estimate of drug-likeness (QED) is 0.143. The number of nitrogens with one attached hydrogen (secondary N) is 2. The van der Waals surface area contributed by atoms with Gasteiger partial charge in [-0.05, 0) is 11.1 Å². The van der Waals surface area contributed by atoms with Gasteiger partial charge in [0, 0.05) is 0 Å². The van der Waals surface area contributed by atoms with Gasteiger partial charge in [0.05, 0.1) is 13.1 Å². The third-order valence-corrected chi connectivity index (χ3v) is 5.13. The molecule has 0 fully saturated rings. The van der Waals surface area contributed by atoms with Crippen molar-refractivity contribution in [3.8, 4) is 0 Å². The number of guanidine groups is 2. The second-order valence-electron chi connectivity index (χ2n) is 7.40. The summed E-state index contributed by atoms with van der Waals surface area (Å²) in [7, 11) is 0. The zero-order valence-corrected chi connectivity index (χ0v) is 23.0. The van der Waals surface area contributed by atoms with Crippen LogP contribution < -0.4 is 45.0 Å². The summed E-state index contributed by atoms with van der Waals surface area (Å²) in [4.78, 5) is 47.9. The van der Waals surface area contributed by atoms with Crippen LogP contribution in [0.1, 0.15) is 46.0 Å². The first kappa shape index (κ1) is 31.3. The van der Waals surface area contributed by atoms with Gasteiger partial charge in [0.25, 0.3) is 11.8 Å². The number of benzene rings is 1. The smallest absolute Gasteiger partial charge is 0.280 e. The highest BCUT2D eigenvalue weighted by Crippen LogP contribution is 2.18. The van der Waals surface area contributed by atoms with Gasteiger partial charge in [0.1, 0.15) is 0 Å². The molecule has 0 bridgehead atoms. The summed E-state index contributed by atoms with van der Waals surface area (Å²) in [6.07, 6.45) is 0. The lowest BCUT2D eigenvalue weighted by Crippen LogP contribution is -2.37. The minimum atomic E-state index is -0.757. The van der Waals surface area contributed by atoms with Crippen LogP contribution in [0.15, 0.2) is 34.3 Å². The summed E-state index contributed by atoms with van der Waals surface area (Å²) >= 11 is 11.6. The van der Waals surface area contributed by atoms with Crippen LogP contribution in [0.3, 0.4) is 0 Å². The van der Waals surface area contributed by atoms with Gasteiger partial charge in [0.2, 0.25) is 0 Å². The summed E-state index contributed by atoms with van der Waals surface area (Å²) in [6.45, 7) is 4.24. The molecule has 0 spiro atoms. The number of halogens is 2. The van der Waals surface area contributed by atoms with Gasteiger partial charge in [-0.3, -0.25) is 20.2 Å². The van der Waals surface area contributed by atoms with E-state index in [4.69, 9.17) is 57.6 Å². The molecular formula is C22H28Cl2N14O2. The Labute approximate surface area is 238 Å². The largest absolute Gasteiger partial charge is 0.382 e. The third-order valence-electron chi connectivity index (χ3n) is 4.58. The van der Waals surface area contributed by atoms with Gasteiger partial charge in [-0.15, -0.1) is 0 Å². The molecule has 18 heteroatoms. The zero-order valence-electron chi connectivity index (χ0n) is 21.4. The van der Waals surface area contributed by atoms with E-state index in [1.165, 1.54) is 0 Å². The Morgan fingerprint density at radius 3 is 1.48 bits per heavy atom. The fourth-order valence-corrected chi connectivity index (χ4v) is 3.08. The molecule has 2 aromatic heterocycles. The van der Waals surface area contributed by atoms with Crippen molar-refractivity contribution in [2.45, 2.75) is 26.9 Å². The van der Waals surface area contributed by atoms with Crippen LogP contribution in [0, 0.1) is 0 Å². The van der Waals surface area contributed by atoms with E-state index >= 15 is 0 Å². The predicted molar refractivity (Wildman–Crippen MR) is 155 cm³/mol. The van der Waals surface area contributed by atoms with Crippen molar-refractivity contribution in [1.82, 2.24) is 30.6 Å². The van der Waals surface area contributed by atoms with Gasteiger partial charge in [-0.25, -0.2) is 29.9 Å². The van der Waals surface area contributed by atoms with Gasteiger partial charge < -0.3 is 34.4 Å². The highest BCUT2D eigenvalue weighted by molar-refractivity contribution is 6.32. The maximum Gasteiger partial charge on any atom is 0.280 e. The number of carbonyl (C=O) groups is 2. The fraction of sp³-hybridized carbons (Fsp3) is 0.182. The molecule has 212 valence electrons. The number of aromatic nitrogens is 4. The molecule has 16 nitrogen and oxygen atoms in total. The van der Waals surface area contributed by atoms with Crippen LogP contribution in [-0.4, -0.2) is 43.7 Å². The number of nitrogens with two attached hydrogens (primary N) is 6. The summed E-state index contributed by atoms with van der Waals surface area (Å²) in [5, 5.41) is 4.34. The van der Waals surface area contributed by atoms with E-state index in [-0.39, 0.29) is 70.0 Å². The van der Waals surface area contributed by atoms with Crippen LogP contribution in [0.2, 0.25) is 10.3 Å². The number of hydrogen-bond acceptors (Lipinski definition) is 12. The predicted octanol–water partition coefficient (Wildman–Crippen LogP) is 0.418.